The van der Waals surface area contributed by atoms with Crippen molar-refractivity contribution in [3.05, 3.63) is 48.0 Å². The zero-order chi connectivity index (χ0) is 15.4. The van der Waals surface area contributed by atoms with E-state index in [1.54, 1.807) is 6.20 Å². The fourth-order valence-electron chi connectivity index (χ4n) is 2.25. The summed E-state index contributed by atoms with van der Waals surface area (Å²) < 4.78 is 2.02. The van der Waals surface area contributed by atoms with Gasteiger partial charge in [-0.05, 0) is 38.5 Å². The number of nitrogens with one attached hydrogen (secondary N) is 1. The van der Waals surface area contributed by atoms with E-state index in [2.05, 4.69) is 10.3 Å². The molecule has 112 valence electrons. The van der Waals surface area contributed by atoms with E-state index in [1.165, 1.54) is 0 Å². The first-order chi connectivity index (χ1) is 9.97. The van der Waals surface area contributed by atoms with Crippen molar-refractivity contribution in [2.24, 2.45) is 5.73 Å². The highest BCUT2D eigenvalue weighted by Crippen LogP contribution is 2.16. The molecule has 2 rings (SSSR count). The summed E-state index contributed by atoms with van der Waals surface area (Å²) in [5.41, 5.74) is 7.75. The second-order valence-corrected chi connectivity index (χ2v) is 5.41. The van der Waals surface area contributed by atoms with Crippen LogP contribution in [0, 0.1) is 6.92 Å². The smallest absolute Gasteiger partial charge is 0.222 e. The fourth-order valence-corrected chi connectivity index (χ4v) is 2.25. The van der Waals surface area contributed by atoms with Gasteiger partial charge in [-0.25, -0.2) is 4.98 Å². The van der Waals surface area contributed by atoms with Crippen molar-refractivity contribution in [1.29, 1.82) is 0 Å². The van der Waals surface area contributed by atoms with Gasteiger partial charge in [-0.2, -0.15) is 0 Å². The molecule has 5 heteroatoms. The molecule has 2 unspecified atom stereocenters. The van der Waals surface area contributed by atoms with Gasteiger partial charge in [-0.1, -0.05) is 12.1 Å². The summed E-state index contributed by atoms with van der Waals surface area (Å²) in [5, 5.41) is 2.96. The molecule has 1 amide bonds. The predicted octanol–water partition coefficient (Wildman–Crippen LogP) is 2.10. The molecule has 5 nitrogen and oxygen atoms in total. The number of amides is 1. The number of hydrogen-bond donors (Lipinski definition) is 2. The lowest BCUT2D eigenvalue weighted by atomic mass is 10.1. The molecule has 2 atom stereocenters. The lowest BCUT2D eigenvalue weighted by molar-refractivity contribution is -0.122. The summed E-state index contributed by atoms with van der Waals surface area (Å²) in [5.74, 6) is 0.924. The largest absolute Gasteiger partial charge is 0.350 e. The number of aryl methyl sites for hydroxylation is 1. The normalized spacial score (nSPS) is 13.7. The monoisotopic (exact) mass is 286 g/mol. The third-order valence-corrected chi connectivity index (χ3v) is 3.38. The van der Waals surface area contributed by atoms with E-state index < -0.39 is 0 Å². The molecule has 3 N–H and O–H groups in total. The molecule has 1 aromatic heterocycles. The molecule has 0 fully saturated rings. The van der Waals surface area contributed by atoms with Gasteiger partial charge in [0.1, 0.15) is 5.82 Å². The predicted molar refractivity (Wildman–Crippen MR) is 83.1 cm³/mol. The van der Waals surface area contributed by atoms with E-state index in [4.69, 9.17) is 5.73 Å². The summed E-state index contributed by atoms with van der Waals surface area (Å²) in [7, 11) is 0. The zero-order valence-corrected chi connectivity index (χ0v) is 12.7. The quantitative estimate of drug-likeness (QED) is 0.884. The molecule has 0 radical (unpaired) electrons. The second-order valence-electron chi connectivity index (χ2n) is 5.41. The average molecular weight is 286 g/mol. The lowest BCUT2D eigenvalue weighted by Crippen LogP contribution is -2.31. The Morgan fingerprint density at radius 2 is 2.00 bits per heavy atom. The van der Waals surface area contributed by atoms with Crippen molar-refractivity contribution < 1.29 is 4.79 Å². The van der Waals surface area contributed by atoms with Crippen LogP contribution in [0.4, 0.5) is 0 Å². The first kappa shape index (κ1) is 15.3. The van der Waals surface area contributed by atoms with Gasteiger partial charge >= 0.3 is 0 Å². The Hall–Kier alpha value is -2.14. The van der Waals surface area contributed by atoms with Crippen molar-refractivity contribution in [3.8, 4) is 5.69 Å². The Labute approximate surface area is 125 Å². The Morgan fingerprint density at radius 1 is 1.33 bits per heavy atom. The molecule has 21 heavy (non-hydrogen) atoms. The van der Waals surface area contributed by atoms with Crippen molar-refractivity contribution >= 4 is 5.91 Å². The van der Waals surface area contributed by atoms with Crippen molar-refractivity contribution in [2.45, 2.75) is 39.3 Å². The van der Waals surface area contributed by atoms with E-state index >= 15 is 0 Å². The van der Waals surface area contributed by atoms with Gasteiger partial charge in [0.15, 0.2) is 0 Å². The molecule has 0 spiro atoms. The average Bonchev–Trinajstić information content (AvgIpc) is 2.84. The SMILES string of the molecule is Cc1nccn1-c1ccc(C(C)NC(=O)CC(C)N)cc1. The van der Waals surface area contributed by atoms with Crippen LogP contribution in [0.5, 0.6) is 0 Å². The second kappa shape index (κ2) is 6.54. The number of nitrogens with two attached hydrogens (primary N) is 1. The Balaban J connectivity index is 2.05. The van der Waals surface area contributed by atoms with Gasteiger partial charge in [-0.3, -0.25) is 4.79 Å². The minimum absolute atomic E-state index is 0.0213. The molecule has 0 bridgehead atoms. The van der Waals surface area contributed by atoms with Gasteiger partial charge < -0.3 is 15.6 Å². The van der Waals surface area contributed by atoms with Crippen LogP contribution < -0.4 is 11.1 Å². The molecule has 0 aliphatic heterocycles. The molecule has 2 aromatic rings. The van der Waals surface area contributed by atoms with Crippen LogP contribution in [0.1, 0.15) is 37.7 Å². The molecule has 0 aliphatic carbocycles. The van der Waals surface area contributed by atoms with Gasteiger partial charge in [0.05, 0.1) is 6.04 Å². The molecule has 1 heterocycles. The number of nitrogens with zero attached hydrogens (tertiary/aromatic N) is 2. The molecule has 1 aromatic carbocycles. The van der Waals surface area contributed by atoms with Crippen LogP contribution in [0.25, 0.3) is 5.69 Å². The lowest BCUT2D eigenvalue weighted by Gasteiger charge is -2.16. The van der Waals surface area contributed by atoms with Crippen LogP contribution in [0.3, 0.4) is 0 Å². The summed E-state index contributed by atoms with van der Waals surface area (Å²) in [4.78, 5) is 15.9. The summed E-state index contributed by atoms with van der Waals surface area (Å²) >= 11 is 0. The summed E-state index contributed by atoms with van der Waals surface area (Å²) in [6.07, 6.45) is 4.05. The Bertz CT molecular complexity index is 601. The number of carbonyl (C=O) groups excluding carboxylic acids is 1. The van der Waals surface area contributed by atoms with Crippen LogP contribution in [0.2, 0.25) is 0 Å². The highest BCUT2D eigenvalue weighted by Gasteiger charge is 2.11. The standard InChI is InChI=1S/C16H22N4O/c1-11(17)10-16(21)19-12(2)14-4-6-15(7-5-14)20-9-8-18-13(20)3/h4-9,11-12H,10,17H2,1-3H3,(H,19,21). The van der Waals surface area contributed by atoms with Gasteiger partial charge in [-0.15, -0.1) is 0 Å². The van der Waals surface area contributed by atoms with Crippen LogP contribution in [-0.2, 0) is 4.79 Å². The van der Waals surface area contributed by atoms with E-state index in [1.807, 2.05) is 55.8 Å². The van der Waals surface area contributed by atoms with Crippen molar-refractivity contribution in [1.82, 2.24) is 14.9 Å². The summed E-state index contributed by atoms with van der Waals surface area (Å²) in [6, 6.07) is 7.94. The number of hydrogen-bond acceptors (Lipinski definition) is 3. The fraction of sp³-hybridized carbons (Fsp3) is 0.375. The van der Waals surface area contributed by atoms with Gasteiger partial charge in [0.25, 0.3) is 0 Å². The number of rotatable bonds is 5. The third kappa shape index (κ3) is 3.92. The van der Waals surface area contributed by atoms with Gasteiger partial charge in [0, 0.05) is 30.5 Å². The van der Waals surface area contributed by atoms with Crippen LogP contribution >= 0.6 is 0 Å². The maximum absolute atomic E-state index is 11.7. The molecule has 0 saturated carbocycles. The number of carbonyl (C=O) groups is 1. The zero-order valence-electron chi connectivity index (χ0n) is 12.7. The molecular formula is C16H22N4O. The molecular weight excluding hydrogens is 264 g/mol. The third-order valence-electron chi connectivity index (χ3n) is 3.38. The Kier molecular flexibility index (Phi) is 4.75. The topological polar surface area (TPSA) is 72.9 Å². The van der Waals surface area contributed by atoms with Crippen LogP contribution in [0.15, 0.2) is 36.7 Å². The van der Waals surface area contributed by atoms with E-state index in [0.29, 0.717) is 6.42 Å². The minimum Gasteiger partial charge on any atom is -0.350 e. The highest BCUT2D eigenvalue weighted by molar-refractivity contribution is 5.77. The maximum atomic E-state index is 11.7. The minimum atomic E-state index is -0.121. The Morgan fingerprint density at radius 3 is 2.52 bits per heavy atom. The maximum Gasteiger partial charge on any atom is 0.222 e. The summed E-state index contributed by atoms with van der Waals surface area (Å²) in [6.45, 7) is 5.76. The first-order valence-electron chi connectivity index (χ1n) is 7.12. The van der Waals surface area contributed by atoms with Crippen molar-refractivity contribution in [2.75, 3.05) is 0 Å². The number of benzene rings is 1. The van der Waals surface area contributed by atoms with Crippen molar-refractivity contribution in [3.63, 3.8) is 0 Å². The van der Waals surface area contributed by atoms with Gasteiger partial charge in [0.2, 0.25) is 5.91 Å². The first-order valence-corrected chi connectivity index (χ1v) is 7.12. The van der Waals surface area contributed by atoms with E-state index in [-0.39, 0.29) is 18.0 Å². The van der Waals surface area contributed by atoms with E-state index in [0.717, 1.165) is 17.1 Å². The molecule has 0 aliphatic rings. The number of aromatic nitrogens is 2. The van der Waals surface area contributed by atoms with E-state index in [9.17, 15) is 4.79 Å². The highest BCUT2D eigenvalue weighted by atomic mass is 16.1. The number of imidazole rings is 1. The molecule has 0 saturated heterocycles. The van der Waals surface area contributed by atoms with Crippen LogP contribution in [-0.4, -0.2) is 21.5 Å².